The number of hydrogen-bond acceptors (Lipinski definition) is 5. The van der Waals surface area contributed by atoms with Gasteiger partial charge in [-0.25, -0.2) is 0 Å². The number of nitrogens with one attached hydrogen (secondary N) is 1. The normalized spacial score (nSPS) is 15.4. The lowest BCUT2D eigenvalue weighted by Crippen LogP contribution is -2.34. The van der Waals surface area contributed by atoms with Crippen LogP contribution in [-0.4, -0.2) is 32.5 Å². The van der Waals surface area contributed by atoms with Gasteiger partial charge >= 0.3 is 0 Å². The Bertz CT molecular complexity index is 707. The number of thiophene rings is 1. The van der Waals surface area contributed by atoms with Gasteiger partial charge in [-0.1, -0.05) is 31.7 Å². The molecule has 1 aliphatic carbocycles. The van der Waals surface area contributed by atoms with Gasteiger partial charge in [-0.05, 0) is 50.0 Å². The molecule has 2 heterocycles. The molecular weight excluding hydrogens is 364 g/mol. The zero-order valence-corrected chi connectivity index (χ0v) is 17.4. The summed E-state index contributed by atoms with van der Waals surface area (Å²) in [6, 6.07) is 4.94. The minimum absolute atomic E-state index is 0.0800. The predicted octanol–water partition coefficient (Wildman–Crippen LogP) is 4.30. The van der Waals surface area contributed by atoms with Crippen LogP contribution in [0.3, 0.4) is 0 Å². The van der Waals surface area contributed by atoms with Crippen LogP contribution in [0.2, 0.25) is 0 Å². The quantitative estimate of drug-likeness (QED) is 0.613. The zero-order valence-electron chi connectivity index (χ0n) is 15.8. The van der Waals surface area contributed by atoms with Crippen molar-refractivity contribution in [3.8, 4) is 0 Å². The van der Waals surface area contributed by atoms with Crippen LogP contribution >= 0.6 is 23.1 Å². The summed E-state index contributed by atoms with van der Waals surface area (Å²) in [6.07, 6.45) is 5.34. The van der Waals surface area contributed by atoms with Gasteiger partial charge in [0, 0.05) is 23.4 Å². The highest BCUT2D eigenvalue weighted by atomic mass is 32.2. The second-order valence-corrected chi connectivity index (χ2v) is 9.46. The lowest BCUT2D eigenvalue weighted by Gasteiger charge is -2.15. The van der Waals surface area contributed by atoms with E-state index in [0.29, 0.717) is 17.7 Å². The molecule has 5 nitrogen and oxygen atoms in total. The summed E-state index contributed by atoms with van der Waals surface area (Å²) in [5.74, 6) is 2.16. The summed E-state index contributed by atoms with van der Waals surface area (Å²) in [7, 11) is 0. The van der Waals surface area contributed by atoms with Crippen LogP contribution < -0.4 is 5.32 Å². The summed E-state index contributed by atoms with van der Waals surface area (Å²) in [5.41, 5.74) is 0. The Hall–Kier alpha value is -1.34. The fourth-order valence-corrected chi connectivity index (χ4v) is 4.43. The third kappa shape index (κ3) is 5.58. The molecule has 0 spiro atoms. The molecule has 26 heavy (non-hydrogen) atoms. The lowest BCUT2D eigenvalue weighted by molar-refractivity contribution is -0.119. The average molecular weight is 393 g/mol. The molecule has 1 amide bonds. The highest BCUT2D eigenvalue weighted by molar-refractivity contribution is 7.99. The van der Waals surface area contributed by atoms with Crippen LogP contribution in [0, 0.1) is 5.92 Å². The van der Waals surface area contributed by atoms with Gasteiger partial charge in [0.25, 0.3) is 0 Å². The van der Waals surface area contributed by atoms with E-state index in [1.54, 1.807) is 11.3 Å². The maximum atomic E-state index is 12.2. The summed E-state index contributed by atoms with van der Waals surface area (Å²) in [4.78, 5) is 13.5. The molecule has 1 aliphatic rings. The van der Waals surface area contributed by atoms with Gasteiger partial charge in [0.1, 0.15) is 5.82 Å². The molecule has 0 radical (unpaired) electrons. The van der Waals surface area contributed by atoms with Crippen molar-refractivity contribution in [1.82, 2.24) is 20.1 Å². The van der Waals surface area contributed by atoms with E-state index in [2.05, 4.69) is 58.4 Å². The number of aromatic nitrogens is 3. The third-order valence-corrected chi connectivity index (χ3v) is 6.30. The summed E-state index contributed by atoms with van der Waals surface area (Å²) in [6.45, 7) is 6.50. The summed E-state index contributed by atoms with van der Waals surface area (Å²) >= 11 is 3.25. The van der Waals surface area contributed by atoms with E-state index in [-0.39, 0.29) is 11.9 Å². The number of carbonyl (C=O) groups is 1. The lowest BCUT2D eigenvalue weighted by atomic mass is 10.0. The van der Waals surface area contributed by atoms with Gasteiger partial charge in [-0.15, -0.1) is 21.5 Å². The highest BCUT2D eigenvalue weighted by Gasteiger charge is 2.30. The van der Waals surface area contributed by atoms with Gasteiger partial charge in [-0.2, -0.15) is 0 Å². The number of amides is 1. The van der Waals surface area contributed by atoms with E-state index >= 15 is 0 Å². The van der Waals surface area contributed by atoms with Gasteiger partial charge in [0.15, 0.2) is 5.16 Å². The first-order valence-electron chi connectivity index (χ1n) is 9.41. The highest BCUT2D eigenvalue weighted by Crippen LogP contribution is 2.39. The van der Waals surface area contributed by atoms with E-state index in [4.69, 9.17) is 0 Å². The fraction of sp³-hybridized carbons (Fsp3) is 0.632. The van der Waals surface area contributed by atoms with Crippen LogP contribution in [0.4, 0.5) is 0 Å². The molecule has 142 valence electrons. The van der Waals surface area contributed by atoms with Crippen LogP contribution in [0.25, 0.3) is 0 Å². The van der Waals surface area contributed by atoms with E-state index in [0.717, 1.165) is 30.2 Å². The van der Waals surface area contributed by atoms with Crippen LogP contribution in [-0.2, 0) is 11.2 Å². The monoisotopic (exact) mass is 392 g/mol. The largest absolute Gasteiger partial charge is 0.353 e. The van der Waals surface area contributed by atoms with Crippen molar-refractivity contribution in [1.29, 1.82) is 0 Å². The van der Waals surface area contributed by atoms with Gasteiger partial charge < -0.3 is 9.88 Å². The van der Waals surface area contributed by atoms with E-state index in [1.165, 1.54) is 29.5 Å². The molecule has 1 atom stereocenters. The summed E-state index contributed by atoms with van der Waals surface area (Å²) in [5, 5.41) is 14.8. The Labute approximate surface area is 164 Å². The van der Waals surface area contributed by atoms with Crippen molar-refractivity contribution in [2.75, 3.05) is 5.75 Å². The van der Waals surface area contributed by atoms with Crippen molar-refractivity contribution >= 4 is 29.0 Å². The molecule has 1 saturated carbocycles. The molecule has 2 aromatic rings. The molecule has 0 aromatic carbocycles. The predicted molar refractivity (Wildman–Crippen MR) is 108 cm³/mol. The maximum absolute atomic E-state index is 12.2. The molecule has 7 heteroatoms. The SMILES string of the molecule is CC(C)CC[C@H](C)NC(=O)CSc1nnc(Cc2cccs2)n1C1CC1. The first-order chi connectivity index (χ1) is 12.5. The van der Waals surface area contributed by atoms with Crippen LogP contribution in [0.1, 0.15) is 63.2 Å². The Balaban J connectivity index is 1.54. The Morgan fingerprint density at radius 2 is 2.15 bits per heavy atom. The summed E-state index contributed by atoms with van der Waals surface area (Å²) < 4.78 is 2.25. The third-order valence-electron chi connectivity index (χ3n) is 4.48. The Kier molecular flexibility index (Phi) is 6.75. The van der Waals surface area contributed by atoms with E-state index < -0.39 is 0 Å². The van der Waals surface area contributed by atoms with Gasteiger partial charge in [0.05, 0.1) is 5.75 Å². The van der Waals surface area contributed by atoms with E-state index in [1.807, 2.05) is 0 Å². The minimum Gasteiger partial charge on any atom is -0.353 e. The fourth-order valence-electron chi connectivity index (χ4n) is 2.90. The second-order valence-electron chi connectivity index (χ2n) is 7.48. The topological polar surface area (TPSA) is 59.8 Å². The first kappa shape index (κ1) is 19.4. The Morgan fingerprint density at radius 1 is 1.35 bits per heavy atom. The molecule has 2 aromatic heterocycles. The van der Waals surface area contributed by atoms with Crippen LogP contribution in [0.15, 0.2) is 22.7 Å². The molecular formula is C19H28N4OS2. The molecule has 0 bridgehead atoms. The zero-order chi connectivity index (χ0) is 18.5. The molecule has 1 fully saturated rings. The number of carbonyl (C=O) groups excluding carboxylic acids is 1. The second kappa shape index (κ2) is 9.04. The smallest absolute Gasteiger partial charge is 0.230 e. The van der Waals surface area contributed by atoms with Gasteiger partial charge in [-0.3, -0.25) is 4.79 Å². The van der Waals surface area contributed by atoms with Crippen molar-refractivity contribution in [2.45, 2.75) is 70.1 Å². The number of thioether (sulfide) groups is 1. The van der Waals surface area contributed by atoms with E-state index in [9.17, 15) is 4.79 Å². The minimum atomic E-state index is 0.0800. The van der Waals surface area contributed by atoms with Crippen LogP contribution in [0.5, 0.6) is 0 Å². The molecule has 0 aliphatic heterocycles. The molecule has 3 rings (SSSR count). The molecule has 0 unspecified atom stereocenters. The van der Waals surface area contributed by atoms with Crippen molar-refractivity contribution in [2.24, 2.45) is 5.92 Å². The first-order valence-corrected chi connectivity index (χ1v) is 11.3. The number of nitrogens with zero attached hydrogens (tertiary/aromatic N) is 3. The number of rotatable bonds is 10. The standard InChI is InChI=1S/C19H28N4OS2/c1-13(2)6-7-14(3)20-18(24)12-26-19-22-21-17(23(19)15-8-9-15)11-16-5-4-10-25-16/h4-5,10,13-15H,6-9,11-12H2,1-3H3,(H,20,24)/t14-/m0/s1. The number of hydrogen-bond donors (Lipinski definition) is 1. The van der Waals surface area contributed by atoms with Crippen molar-refractivity contribution in [3.63, 3.8) is 0 Å². The van der Waals surface area contributed by atoms with Gasteiger partial charge in [0.2, 0.25) is 5.91 Å². The molecule has 0 saturated heterocycles. The molecule has 1 N–H and O–H groups in total. The Morgan fingerprint density at radius 3 is 2.81 bits per heavy atom. The van der Waals surface area contributed by atoms with Crippen molar-refractivity contribution in [3.05, 3.63) is 28.2 Å². The van der Waals surface area contributed by atoms with Crippen molar-refractivity contribution < 1.29 is 4.79 Å². The maximum Gasteiger partial charge on any atom is 0.230 e. The average Bonchev–Trinajstić information content (AvgIpc) is 3.14.